The third-order valence-corrected chi connectivity index (χ3v) is 3.85. The molecule has 128 valence electrons. The van der Waals surface area contributed by atoms with Gasteiger partial charge in [-0.3, -0.25) is 4.79 Å². The van der Waals surface area contributed by atoms with E-state index in [1.54, 1.807) is 11.8 Å². The van der Waals surface area contributed by atoms with E-state index in [2.05, 4.69) is 0 Å². The number of halogens is 3. The number of likely N-dealkylation sites (tertiary alicyclic amines) is 1. The summed E-state index contributed by atoms with van der Waals surface area (Å²) in [4.78, 5) is 13.8. The zero-order valence-corrected chi connectivity index (χ0v) is 12.8. The Kier molecular flexibility index (Phi) is 5.51. The summed E-state index contributed by atoms with van der Waals surface area (Å²) in [5.74, 6) is -0.704. The number of nitrogens with zero attached hydrogens (tertiary/aromatic N) is 1. The first kappa shape index (κ1) is 17.6. The molecule has 1 amide bonds. The fourth-order valence-corrected chi connectivity index (χ4v) is 2.85. The number of carbonyl (C=O) groups is 1. The molecule has 1 aliphatic heterocycles. The van der Waals surface area contributed by atoms with Crippen molar-refractivity contribution in [1.82, 2.24) is 4.90 Å². The van der Waals surface area contributed by atoms with Crippen LogP contribution in [0.1, 0.15) is 31.7 Å². The Bertz CT molecular complexity index is 546. The normalized spacial score (nSPS) is 19.7. The Morgan fingerprint density at radius 3 is 2.78 bits per heavy atom. The van der Waals surface area contributed by atoms with Crippen LogP contribution in [0.2, 0.25) is 0 Å². The Hall–Kier alpha value is -1.76. The van der Waals surface area contributed by atoms with Crippen LogP contribution in [0.25, 0.3) is 0 Å². The van der Waals surface area contributed by atoms with E-state index in [0.717, 1.165) is 18.9 Å². The van der Waals surface area contributed by atoms with E-state index in [9.17, 15) is 23.1 Å². The average Bonchev–Trinajstić information content (AvgIpc) is 2.91. The van der Waals surface area contributed by atoms with E-state index in [0.29, 0.717) is 13.0 Å². The molecule has 0 radical (unpaired) electrons. The van der Waals surface area contributed by atoms with Gasteiger partial charge < -0.3 is 14.7 Å². The molecule has 2 atom stereocenters. The molecule has 1 aromatic carbocycles. The van der Waals surface area contributed by atoms with E-state index in [-0.39, 0.29) is 17.7 Å². The molecule has 1 aliphatic rings. The van der Waals surface area contributed by atoms with Gasteiger partial charge >= 0.3 is 6.18 Å². The van der Waals surface area contributed by atoms with Gasteiger partial charge in [0.1, 0.15) is 5.75 Å². The van der Waals surface area contributed by atoms with Crippen molar-refractivity contribution < 1.29 is 27.8 Å². The van der Waals surface area contributed by atoms with Gasteiger partial charge in [0.25, 0.3) is 5.91 Å². The second kappa shape index (κ2) is 7.21. The maximum absolute atomic E-state index is 12.9. The predicted molar refractivity (Wildman–Crippen MR) is 78.0 cm³/mol. The summed E-state index contributed by atoms with van der Waals surface area (Å²) >= 11 is 0. The second-order valence-electron chi connectivity index (χ2n) is 5.75. The van der Waals surface area contributed by atoms with Crippen LogP contribution in [0.15, 0.2) is 24.3 Å². The number of rotatable bonds is 5. The molecule has 2 rings (SSSR count). The van der Waals surface area contributed by atoms with Crippen LogP contribution >= 0.6 is 0 Å². The van der Waals surface area contributed by atoms with Gasteiger partial charge in [-0.15, -0.1) is 0 Å². The molecule has 0 spiro atoms. The summed E-state index contributed by atoms with van der Waals surface area (Å²) in [6.45, 7) is 1.75. The van der Waals surface area contributed by atoms with Crippen molar-refractivity contribution in [3.05, 3.63) is 29.8 Å². The van der Waals surface area contributed by atoms with Crippen molar-refractivity contribution >= 4 is 5.91 Å². The maximum Gasteiger partial charge on any atom is 0.419 e. The molecular weight excluding hydrogens is 311 g/mol. The first-order valence-electron chi connectivity index (χ1n) is 7.55. The van der Waals surface area contributed by atoms with Crippen LogP contribution in [-0.4, -0.2) is 41.2 Å². The van der Waals surface area contributed by atoms with Crippen molar-refractivity contribution in [2.75, 3.05) is 13.2 Å². The number of benzene rings is 1. The average molecular weight is 331 g/mol. The third-order valence-electron chi connectivity index (χ3n) is 3.85. The quantitative estimate of drug-likeness (QED) is 0.903. The van der Waals surface area contributed by atoms with E-state index >= 15 is 0 Å². The number of alkyl halides is 3. The molecule has 0 aliphatic carbocycles. The Labute approximate surface area is 132 Å². The van der Waals surface area contributed by atoms with Gasteiger partial charge in [-0.05, 0) is 38.3 Å². The Balaban J connectivity index is 2.00. The number of aliphatic hydroxyl groups excluding tert-OH is 1. The molecule has 23 heavy (non-hydrogen) atoms. The summed E-state index contributed by atoms with van der Waals surface area (Å²) in [5, 5.41) is 9.45. The highest BCUT2D eigenvalue weighted by Crippen LogP contribution is 2.36. The molecule has 1 aromatic rings. The van der Waals surface area contributed by atoms with Crippen molar-refractivity contribution in [3.8, 4) is 5.75 Å². The minimum absolute atomic E-state index is 0.0797. The topological polar surface area (TPSA) is 49.8 Å². The fourth-order valence-electron chi connectivity index (χ4n) is 2.85. The Morgan fingerprint density at radius 2 is 2.13 bits per heavy atom. The minimum atomic E-state index is -4.53. The van der Waals surface area contributed by atoms with E-state index in [1.165, 1.54) is 18.2 Å². The van der Waals surface area contributed by atoms with Gasteiger partial charge in [-0.2, -0.15) is 13.2 Å². The Morgan fingerprint density at radius 1 is 1.43 bits per heavy atom. The van der Waals surface area contributed by atoms with E-state index < -0.39 is 24.5 Å². The van der Waals surface area contributed by atoms with Gasteiger partial charge in [0.2, 0.25) is 0 Å². The van der Waals surface area contributed by atoms with Crippen molar-refractivity contribution in [1.29, 1.82) is 0 Å². The van der Waals surface area contributed by atoms with Crippen LogP contribution < -0.4 is 4.74 Å². The number of para-hydroxylation sites is 1. The lowest BCUT2D eigenvalue weighted by atomic mass is 10.1. The van der Waals surface area contributed by atoms with Crippen LogP contribution in [0.5, 0.6) is 5.75 Å². The largest absolute Gasteiger partial charge is 0.483 e. The molecule has 2 unspecified atom stereocenters. The number of aliphatic hydroxyl groups is 1. The van der Waals surface area contributed by atoms with Gasteiger partial charge in [0, 0.05) is 12.6 Å². The van der Waals surface area contributed by atoms with Gasteiger partial charge in [0.15, 0.2) is 6.61 Å². The smallest absolute Gasteiger partial charge is 0.419 e. The van der Waals surface area contributed by atoms with Crippen molar-refractivity contribution in [2.45, 2.75) is 44.5 Å². The number of carbonyl (C=O) groups excluding carboxylic acids is 1. The molecule has 1 saturated heterocycles. The lowest BCUT2D eigenvalue weighted by Gasteiger charge is -2.26. The van der Waals surface area contributed by atoms with E-state index in [4.69, 9.17) is 4.74 Å². The summed E-state index contributed by atoms with van der Waals surface area (Å²) in [5.41, 5.74) is -0.894. The summed E-state index contributed by atoms with van der Waals surface area (Å²) in [6, 6.07) is 4.75. The fraction of sp³-hybridized carbons (Fsp3) is 0.562. The van der Waals surface area contributed by atoms with Crippen LogP contribution in [0.4, 0.5) is 13.2 Å². The highest BCUT2D eigenvalue weighted by atomic mass is 19.4. The molecule has 4 nitrogen and oxygen atoms in total. The number of amides is 1. The van der Waals surface area contributed by atoms with Crippen LogP contribution in [-0.2, 0) is 11.0 Å². The minimum Gasteiger partial charge on any atom is -0.483 e. The van der Waals surface area contributed by atoms with Crippen molar-refractivity contribution in [3.63, 3.8) is 0 Å². The van der Waals surface area contributed by atoms with E-state index in [1.807, 2.05) is 0 Å². The zero-order chi connectivity index (χ0) is 17.0. The molecule has 0 aromatic heterocycles. The second-order valence-corrected chi connectivity index (χ2v) is 5.75. The summed E-state index contributed by atoms with van der Waals surface area (Å²) in [7, 11) is 0. The monoisotopic (exact) mass is 331 g/mol. The molecule has 1 N–H and O–H groups in total. The van der Waals surface area contributed by atoms with Crippen molar-refractivity contribution in [2.24, 2.45) is 0 Å². The standard InChI is InChI=1S/C16H20F3NO3/c1-11(21)9-12-5-4-8-20(12)15(22)10-23-14-7-3-2-6-13(14)16(17,18)19/h2-3,6-7,11-12,21H,4-5,8-10H2,1H3. The number of hydrogen-bond acceptors (Lipinski definition) is 3. The molecule has 1 fully saturated rings. The third kappa shape index (κ3) is 4.60. The first-order chi connectivity index (χ1) is 10.8. The SMILES string of the molecule is CC(O)CC1CCCN1C(=O)COc1ccccc1C(F)(F)F. The lowest BCUT2D eigenvalue weighted by Crippen LogP contribution is -2.40. The predicted octanol–water partition coefficient (Wildman–Crippen LogP) is 2.85. The zero-order valence-electron chi connectivity index (χ0n) is 12.8. The van der Waals surface area contributed by atoms with Crippen LogP contribution in [0.3, 0.4) is 0 Å². The highest BCUT2D eigenvalue weighted by molar-refractivity contribution is 5.78. The molecular formula is C16H20F3NO3. The maximum atomic E-state index is 12.9. The lowest BCUT2D eigenvalue weighted by molar-refractivity contribution is -0.141. The van der Waals surface area contributed by atoms with Gasteiger partial charge in [0.05, 0.1) is 11.7 Å². The number of hydrogen-bond donors (Lipinski definition) is 1. The molecule has 7 heteroatoms. The van der Waals surface area contributed by atoms with Gasteiger partial charge in [-0.25, -0.2) is 0 Å². The number of ether oxygens (including phenoxy) is 1. The van der Waals surface area contributed by atoms with Gasteiger partial charge in [-0.1, -0.05) is 12.1 Å². The highest BCUT2D eigenvalue weighted by Gasteiger charge is 2.35. The molecule has 0 saturated carbocycles. The molecule has 1 heterocycles. The molecule has 0 bridgehead atoms. The van der Waals surface area contributed by atoms with Crippen LogP contribution in [0, 0.1) is 0 Å². The first-order valence-corrected chi connectivity index (χ1v) is 7.55. The summed E-state index contributed by atoms with van der Waals surface area (Å²) in [6.07, 6.45) is -2.98. The summed E-state index contributed by atoms with van der Waals surface area (Å²) < 4.78 is 43.7.